The van der Waals surface area contributed by atoms with Gasteiger partial charge in [0.2, 0.25) is 0 Å². The smallest absolute Gasteiger partial charge is 0.338 e. The second-order valence-electron chi connectivity index (χ2n) is 3.97. The Morgan fingerprint density at radius 3 is 2.55 bits per heavy atom. The van der Waals surface area contributed by atoms with Crippen LogP contribution in [0, 0.1) is 11.6 Å². The van der Waals surface area contributed by atoms with Crippen molar-refractivity contribution in [3.8, 4) is 0 Å². The predicted octanol–water partition coefficient (Wildman–Crippen LogP) is 4.61. The van der Waals surface area contributed by atoms with Crippen molar-refractivity contribution in [3.05, 3.63) is 64.2 Å². The number of carboxylic acids is 1. The lowest BCUT2D eigenvalue weighted by Gasteiger charge is -2.05. The Hall–Kier alpha value is -1.59. The molecule has 0 saturated carbocycles. The molecule has 0 radical (unpaired) electrons. The summed E-state index contributed by atoms with van der Waals surface area (Å²) in [6, 6.07) is 7.99. The molecule has 0 fully saturated rings. The van der Waals surface area contributed by atoms with E-state index in [0.29, 0.717) is 15.5 Å². The van der Waals surface area contributed by atoms with E-state index in [4.69, 9.17) is 16.7 Å². The van der Waals surface area contributed by atoms with E-state index in [1.54, 1.807) is 0 Å². The minimum Gasteiger partial charge on any atom is -0.478 e. The van der Waals surface area contributed by atoms with Gasteiger partial charge in [-0.15, -0.1) is 11.8 Å². The summed E-state index contributed by atoms with van der Waals surface area (Å²) >= 11 is 6.99. The average Bonchev–Trinajstić information content (AvgIpc) is 2.41. The van der Waals surface area contributed by atoms with Crippen molar-refractivity contribution in [2.45, 2.75) is 10.6 Å². The number of rotatable bonds is 4. The van der Waals surface area contributed by atoms with Crippen LogP contribution in [0.1, 0.15) is 15.9 Å². The first-order chi connectivity index (χ1) is 9.47. The van der Waals surface area contributed by atoms with Gasteiger partial charge in [0.25, 0.3) is 0 Å². The molecule has 20 heavy (non-hydrogen) atoms. The van der Waals surface area contributed by atoms with Crippen LogP contribution in [0.4, 0.5) is 8.78 Å². The first kappa shape index (κ1) is 14.8. The highest BCUT2D eigenvalue weighted by atomic mass is 35.5. The molecule has 0 aromatic heterocycles. The van der Waals surface area contributed by atoms with Crippen LogP contribution in [-0.2, 0) is 5.75 Å². The zero-order valence-corrected chi connectivity index (χ0v) is 11.6. The lowest BCUT2D eigenvalue weighted by atomic mass is 10.2. The van der Waals surface area contributed by atoms with Crippen LogP contribution >= 0.6 is 23.4 Å². The van der Waals surface area contributed by atoms with Gasteiger partial charge in [-0.3, -0.25) is 0 Å². The first-order valence-corrected chi connectivity index (χ1v) is 6.93. The van der Waals surface area contributed by atoms with Gasteiger partial charge < -0.3 is 5.11 Å². The number of hydrogen-bond acceptors (Lipinski definition) is 2. The number of thioether (sulfide) groups is 1. The Bertz CT molecular complexity index is 662. The topological polar surface area (TPSA) is 37.3 Å². The maximum Gasteiger partial charge on any atom is 0.338 e. The summed E-state index contributed by atoms with van der Waals surface area (Å²) in [7, 11) is 0. The Labute approximate surface area is 123 Å². The summed E-state index contributed by atoms with van der Waals surface area (Å²) in [6.07, 6.45) is 0. The Morgan fingerprint density at radius 2 is 1.85 bits per heavy atom. The molecule has 0 spiro atoms. The number of halogens is 3. The van der Waals surface area contributed by atoms with Gasteiger partial charge in [-0.05, 0) is 42.0 Å². The maximum atomic E-state index is 13.5. The standard InChI is InChI=1S/C14H9ClF2O2S/c15-9-1-3-12(16)8(5-9)7-20-10-2-4-13(17)11(6-10)14(18)19/h1-6H,7H2,(H,18,19). The Balaban J connectivity index is 2.17. The summed E-state index contributed by atoms with van der Waals surface area (Å²) < 4.78 is 26.8. The third-order valence-electron chi connectivity index (χ3n) is 2.57. The van der Waals surface area contributed by atoms with Crippen LogP contribution in [0.15, 0.2) is 41.3 Å². The minimum atomic E-state index is -1.33. The van der Waals surface area contributed by atoms with Gasteiger partial charge in [-0.1, -0.05) is 11.6 Å². The van der Waals surface area contributed by atoms with E-state index in [1.165, 1.54) is 42.1 Å². The molecule has 0 aliphatic carbocycles. The third-order valence-corrected chi connectivity index (χ3v) is 3.85. The summed E-state index contributed by atoms with van der Waals surface area (Å²) in [5, 5.41) is 9.25. The molecule has 2 aromatic carbocycles. The zero-order chi connectivity index (χ0) is 14.7. The number of hydrogen-bond donors (Lipinski definition) is 1. The summed E-state index contributed by atoms with van der Waals surface area (Å²) in [5.41, 5.74) is 0.00488. The first-order valence-electron chi connectivity index (χ1n) is 5.57. The van der Waals surface area contributed by atoms with E-state index in [9.17, 15) is 13.6 Å². The predicted molar refractivity (Wildman–Crippen MR) is 74.3 cm³/mol. The minimum absolute atomic E-state index is 0.275. The fourth-order valence-corrected chi connectivity index (χ4v) is 2.68. The lowest BCUT2D eigenvalue weighted by Crippen LogP contribution is -2.00. The Morgan fingerprint density at radius 1 is 1.15 bits per heavy atom. The molecular weight excluding hydrogens is 306 g/mol. The summed E-state index contributed by atoms with van der Waals surface area (Å²) in [4.78, 5) is 11.4. The molecule has 0 bridgehead atoms. The van der Waals surface area contributed by atoms with Gasteiger partial charge in [0.05, 0.1) is 5.56 Å². The zero-order valence-electron chi connectivity index (χ0n) is 10.1. The van der Waals surface area contributed by atoms with Crippen molar-refractivity contribution >= 4 is 29.3 Å². The van der Waals surface area contributed by atoms with Gasteiger partial charge in [0.1, 0.15) is 11.6 Å². The van der Waals surface area contributed by atoms with Crippen LogP contribution in [0.25, 0.3) is 0 Å². The van der Waals surface area contributed by atoms with Crippen molar-refractivity contribution in [1.82, 2.24) is 0 Å². The summed E-state index contributed by atoms with van der Waals surface area (Å²) in [5.74, 6) is -2.24. The van der Waals surface area contributed by atoms with Crippen LogP contribution in [-0.4, -0.2) is 11.1 Å². The van der Waals surface area contributed by atoms with Crippen LogP contribution in [0.3, 0.4) is 0 Å². The van der Waals surface area contributed by atoms with E-state index in [-0.39, 0.29) is 11.6 Å². The number of aromatic carboxylic acids is 1. The molecule has 0 heterocycles. The SMILES string of the molecule is O=C(O)c1cc(SCc2cc(Cl)ccc2F)ccc1F. The third kappa shape index (κ3) is 3.49. The van der Waals surface area contributed by atoms with Gasteiger partial charge in [0, 0.05) is 15.7 Å². The van der Waals surface area contributed by atoms with Crippen molar-refractivity contribution in [3.63, 3.8) is 0 Å². The molecule has 0 aliphatic heterocycles. The number of carboxylic acid groups (broad SMARTS) is 1. The molecule has 0 unspecified atom stereocenters. The van der Waals surface area contributed by atoms with Crippen LogP contribution in [0.5, 0.6) is 0 Å². The molecule has 6 heteroatoms. The molecule has 0 aliphatic rings. The lowest BCUT2D eigenvalue weighted by molar-refractivity contribution is 0.0691. The van der Waals surface area contributed by atoms with Gasteiger partial charge in [-0.25, -0.2) is 13.6 Å². The number of carbonyl (C=O) groups is 1. The van der Waals surface area contributed by atoms with Crippen molar-refractivity contribution < 1.29 is 18.7 Å². The van der Waals surface area contributed by atoms with E-state index >= 15 is 0 Å². The molecule has 2 rings (SSSR count). The van der Waals surface area contributed by atoms with Crippen LogP contribution in [0.2, 0.25) is 5.02 Å². The van der Waals surface area contributed by atoms with Gasteiger partial charge in [0.15, 0.2) is 0 Å². The van der Waals surface area contributed by atoms with E-state index in [1.807, 2.05) is 0 Å². The fourth-order valence-electron chi connectivity index (χ4n) is 1.57. The Kier molecular flexibility index (Phi) is 4.62. The molecular formula is C14H9ClF2O2S. The second kappa shape index (κ2) is 6.24. The average molecular weight is 315 g/mol. The highest BCUT2D eigenvalue weighted by molar-refractivity contribution is 7.98. The van der Waals surface area contributed by atoms with Crippen LogP contribution < -0.4 is 0 Å². The molecule has 2 aromatic rings. The monoisotopic (exact) mass is 314 g/mol. The highest BCUT2D eigenvalue weighted by Crippen LogP contribution is 2.27. The number of benzene rings is 2. The van der Waals surface area contributed by atoms with Crippen molar-refractivity contribution in [2.24, 2.45) is 0 Å². The molecule has 1 N–H and O–H groups in total. The maximum absolute atomic E-state index is 13.5. The largest absolute Gasteiger partial charge is 0.478 e. The summed E-state index contributed by atoms with van der Waals surface area (Å²) in [6.45, 7) is 0. The quantitative estimate of drug-likeness (QED) is 0.837. The van der Waals surface area contributed by atoms with Gasteiger partial charge >= 0.3 is 5.97 Å². The van der Waals surface area contributed by atoms with Crippen molar-refractivity contribution in [2.75, 3.05) is 0 Å². The molecule has 104 valence electrons. The second-order valence-corrected chi connectivity index (χ2v) is 5.46. The highest BCUT2D eigenvalue weighted by Gasteiger charge is 2.11. The van der Waals surface area contributed by atoms with Crippen molar-refractivity contribution in [1.29, 1.82) is 0 Å². The molecule has 2 nitrogen and oxygen atoms in total. The molecule has 0 atom stereocenters. The fraction of sp³-hybridized carbons (Fsp3) is 0.0714. The van der Waals surface area contributed by atoms with E-state index in [0.717, 1.165) is 6.07 Å². The van der Waals surface area contributed by atoms with E-state index in [2.05, 4.69) is 0 Å². The molecule has 0 amide bonds. The van der Waals surface area contributed by atoms with Gasteiger partial charge in [-0.2, -0.15) is 0 Å². The normalized spacial score (nSPS) is 10.6. The molecule has 0 saturated heterocycles. The van der Waals surface area contributed by atoms with E-state index < -0.39 is 17.3 Å².